The van der Waals surface area contributed by atoms with Gasteiger partial charge in [-0.3, -0.25) is 4.79 Å². The van der Waals surface area contributed by atoms with E-state index in [1.807, 2.05) is 53.7 Å². The van der Waals surface area contributed by atoms with E-state index in [2.05, 4.69) is 6.58 Å². The predicted octanol–water partition coefficient (Wildman–Crippen LogP) is 8.75. The molecule has 1 heterocycles. The minimum Gasteiger partial charge on any atom is -0.462 e. The highest BCUT2D eigenvalue weighted by molar-refractivity contribution is 5.73. The van der Waals surface area contributed by atoms with E-state index in [1.165, 1.54) is 0 Å². The quantitative estimate of drug-likeness (QED) is 0.0605. The van der Waals surface area contributed by atoms with E-state index in [0.717, 1.165) is 5.57 Å². The van der Waals surface area contributed by atoms with Gasteiger partial charge in [0.2, 0.25) is 0 Å². The van der Waals surface area contributed by atoms with Crippen LogP contribution in [0.4, 0.5) is 4.79 Å². The molecule has 1 rings (SSSR count). The molecule has 49 heavy (non-hydrogen) atoms. The molecule has 1 amide bonds. The molecule has 296 valence electrons. The van der Waals surface area contributed by atoms with Crippen LogP contribution in [0.15, 0.2) is 48.6 Å². The Balaban J connectivity index is -0.000000504. The van der Waals surface area contributed by atoms with Gasteiger partial charge in [0.15, 0.2) is 0 Å². The number of cyclic esters (lactones) is 1. The van der Waals surface area contributed by atoms with Gasteiger partial charge < -0.3 is 35.6 Å². The Hall–Kier alpha value is -2.46. The van der Waals surface area contributed by atoms with Crippen molar-refractivity contribution in [2.24, 2.45) is 47.2 Å². The second-order valence-corrected chi connectivity index (χ2v) is 12.4. The third-order valence-corrected chi connectivity index (χ3v) is 8.62. The molecule has 0 aromatic rings. The van der Waals surface area contributed by atoms with Gasteiger partial charge in [-0.15, -0.1) is 0 Å². The van der Waals surface area contributed by atoms with Crippen molar-refractivity contribution in [3.8, 4) is 0 Å². The molecule has 1 saturated heterocycles. The Bertz CT molecular complexity index is 964. The zero-order chi connectivity index (χ0) is 32.3. The van der Waals surface area contributed by atoms with E-state index in [4.69, 9.17) is 15.2 Å². The summed E-state index contributed by atoms with van der Waals surface area (Å²) in [5.74, 6) is -2.52. The molecule has 6 N–H and O–H groups in total. The highest BCUT2D eigenvalue weighted by atomic mass is 16.6. The number of allylic oxidation sites excluding steroid dienone is 3. The molecule has 0 aliphatic carbocycles. The van der Waals surface area contributed by atoms with Gasteiger partial charge in [0, 0.05) is 36.0 Å². The standard InChI is InChI=1S/C33H55NO8.7CH4/c1-10-11-12-20(4)31(42-33(34)40)24(8)29(37)22(6)16-18(2)15-21(5)28(36)19(3)13-14-26(35)17-27-23(7)30(38)25(9)32(39)41-27;;;;;;;/h10-15,19-31,35-38H,1,16-17H2,2-9H3,(H2,34,40);7*1H4/b12-11-,14-13-,18-15-;;;;;;;/t19-,20-,21-,22?,23-,24-,25?,26+,27-,28?,29?,30-,31?;;;;;;;/m0......./s1. The van der Waals surface area contributed by atoms with E-state index in [0.29, 0.717) is 6.42 Å². The number of hydrogen-bond acceptors (Lipinski definition) is 8. The molecule has 5 unspecified atom stereocenters. The summed E-state index contributed by atoms with van der Waals surface area (Å²) in [6.07, 6.45) is 6.04. The maximum absolute atomic E-state index is 12.0. The van der Waals surface area contributed by atoms with Crippen LogP contribution in [0.2, 0.25) is 0 Å². The normalized spacial score (nSPS) is 24.2. The zero-order valence-corrected chi connectivity index (χ0v) is 26.6. The van der Waals surface area contributed by atoms with E-state index in [-0.39, 0.29) is 93.9 Å². The molecule has 1 fully saturated rings. The van der Waals surface area contributed by atoms with Crippen molar-refractivity contribution in [3.05, 3.63) is 48.6 Å². The van der Waals surface area contributed by atoms with E-state index in [1.54, 1.807) is 38.2 Å². The van der Waals surface area contributed by atoms with Gasteiger partial charge in [0.1, 0.15) is 12.2 Å². The number of nitrogens with two attached hydrogens (primary N) is 1. The van der Waals surface area contributed by atoms with Crippen LogP contribution in [-0.4, -0.2) is 69.1 Å². The summed E-state index contributed by atoms with van der Waals surface area (Å²) in [6.45, 7) is 18.5. The Morgan fingerprint density at radius 3 is 1.92 bits per heavy atom. The highest BCUT2D eigenvalue weighted by Gasteiger charge is 2.41. The molecular formula is C40H83NO8. The monoisotopic (exact) mass is 706 g/mol. The predicted molar refractivity (Wildman–Crippen MR) is 211 cm³/mol. The summed E-state index contributed by atoms with van der Waals surface area (Å²) in [6, 6.07) is 0. The highest BCUT2D eigenvalue weighted by Crippen LogP contribution is 2.30. The third-order valence-electron chi connectivity index (χ3n) is 8.62. The molecule has 0 saturated carbocycles. The molecule has 0 radical (unpaired) electrons. The van der Waals surface area contributed by atoms with Crippen LogP contribution in [-0.2, 0) is 14.3 Å². The van der Waals surface area contributed by atoms with Crippen LogP contribution < -0.4 is 5.73 Å². The first kappa shape index (κ1) is 61.7. The number of aliphatic hydroxyl groups excluding tert-OH is 4. The Morgan fingerprint density at radius 2 is 1.43 bits per heavy atom. The van der Waals surface area contributed by atoms with Gasteiger partial charge in [-0.05, 0) is 26.2 Å². The topological polar surface area (TPSA) is 160 Å². The lowest BCUT2D eigenvalue weighted by molar-refractivity contribution is -0.179. The molecule has 0 aromatic carbocycles. The van der Waals surface area contributed by atoms with Crippen LogP contribution in [0.25, 0.3) is 0 Å². The summed E-state index contributed by atoms with van der Waals surface area (Å²) < 4.78 is 10.8. The summed E-state index contributed by atoms with van der Waals surface area (Å²) in [5, 5.41) is 42.8. The maximum atomic E-state index is 12.0. The number of hydrogen-bond donors (Lipinski definition) is 5. The first-order valence-electron chi connectivity index (χ1n) is 15.0. The van der Waals surface area contributed by atoms with Gasteiger partial charge >= 0.3 is 12.1 Å². The average Bonchev–Trinajstić information content (AvgIpc) is 2.93. The molecule has 13 atom stereocenters. The summed E-state index contributed by atoms with van der Waals surface area (Å²) in [4.78, 5) is 23.5. The smallest absolute Gasteiger partial charge is 0.404 e. The fourth-order valence-corrected chi connectivity index (χ4v) is 5.80. The average molecular weight is 706 g/mol. The number of carbonyl (C=O) groups excluding carboxylic acids is 2. The second-order valence-electron chi connectivity index (χ2n) is 12.4. The van der Waals surface area contributed by atoms with Crippen LogP contribution in [0.5, 0.6) is 0 Å². The summed E-state index contributed by atoms with van der Waals surface area (Å²) >= 11 is 0. The van der Waals surface area contributed by atoms with E-state index >= 15 is 0 Å². The SMILES string of the molecule is C.C.C.C.C.C.C.C=C/C=C\[C@H](C)C(OC(N)=O)[C@@H](C)C(O)C(C)C/C(C)=C\[C@H](C)C(O)[C@@H](C)/C=C\[C@@H](O)C[C@@H]1OC(=O)C(C)[C@@H](O)[C@H]1C. The Labute approximate surface area is 303 Å². The van der Waals surface area contributed by atoms with Crippen LogP contribution in [0, 0.1) is 41.4 Å². The Kier molecular flexibility index (Phi) is 36.9. The van der Waals surface area contributed by atoms with Crippen LogP contribution in [0.3, 0.4) is 0 Å². The number of aliphatic hydroxyl groups is 4. The van der Waals surface area contributed by atoms with Crippen LogP contribution >= 0.6 is 0 Å². The number of amides is 1. The number of carbonyl (C=O) groups is 2. The van der Waals surface area contributed by atoms with E-state index in [9.17, 15) is 30.0 Å². The van der Waals surface area contributed by atoms with Gasteiger partial charge in [-0.2, -0.15) is 0 Å². The molecule has 9 heteroatoms. The zero-order valence-electron chi connectivity index (χ0n) is 26.6. The van der Waals surface area contributed by atoms with Crippen molar-refractivity contribution in [1.82, 2.24) is 0 Å². The minimum atomic E-state index is -0.894. The van der Waals surface area contributed by atoms with Gasteiger partial charge in [0.25, 0.3) is 0 Å². The summed E-state index contributed by atoms with van der Waals surface area (Å²) in [7, 11) is 0. The molecule has 0 bridgehead atoms. The number of ether oxygens (including phenoxy) is 2. The van der Waals surface area contributed by atoms with Crippen molar-refractivity contribution in [3.63, 3.8) is 0 Å². The molecule has 1 aliphatic rings. The van der Waals surface area contributed by atoms with Crippen LogP contribution in [0.1, 0.15) is 120 Å². The van der Waals surface area contributed by atoms with Crippen molar-refractivity contribution in [2.75, 3.05) is 0 Å². The second kappa shape index (κ2) is 29.3. The largest absolute Gasteiger partial charge is 0.462 e. The van der Waals surface area contributed by atoms with Crippen molar-refractivity contribution < 1.29 is 39.5 Å². The van der Waals surface area contributed by atoms with Gasteiger partial charge in [0.05, 0.1) is 30.3 Å². The molecule has 1 aliphatic heterocycles. The summed E-state index contributed by atoms with van der Waals surface area (Å²) in [5.41, 5.74) is 6.30. The van der Waals surface area contributed by atoms with Crippen molar-refractivity contribution in [1.29, 1.82) is 0 Å². The third kappa shape index (κ3) is 19.5. The molecule has 0 aromatic heterocycles. The number of primary amides is 1. The first-order chi connectivity index (χ1) is 19.5. The molecule has 0 spiro atoms. The van der Waals surface area contributed by atoms with Gasteiger partial charge in [-0.25, -0.2) is 4.79 Å². The maximum Gasteiger partial charge on any atom is 0.404 e. The fourth-order valence-electron chi connectivity index (χ4n) is 5.80. The lowest BCUT2D eigenvalue weighted by atomic mass is 9.81. The van der Waals surface area contributed by atoms with Gasteiger partial charge in [-0.1, -0.05) is 142 Å². The fraction of sp³-hybridized carbons (Fsp3) is 0.750. The molecule has 9 nitrogen and oxygen atoms in total. The number of rotatable bonds is 16. The lowest BCUT2D eigenvalue weighted by Gasteiger charge is -2.36. The minimum absolute atomic E-state index is 0. The van der Waals surface area contributed by atoms with E-state index < -0.39 is 54.6 Å². The lowest BCUT2D eigenvalue weighted by Crippen LogP contribution is -2.47. The Morgan fingerprint density at radius 1 is 0.898 bits per heavy atom. The van der Waals surface area contributed by atoms with Crippen molar-refractivity contribution in [2.45, 2.75) is 157 Å². The number of esters is 1. The first-order valence-corrected chi connectivity index (χ1v) is 15.0. The van der Waals surface area contributed by atoms with Crippen molar-refractivity contribution >= 4 is 12.1 Å². The molecular weight excluding hydrogens is 622 g/mol.